The fourth-order valence-electron chi connectivity index (χ4n) is 3.48. The summed E-state index contributed by atoms with van der Waals surface area (Å²) < 4.78 is 0. The van der Waals surface area contributed by atoms with Crippen molar-refractivity contribution in [2.45, 2.75) is 57.9 Å². The highest BCUT2D eigenvalue weighted by molar-refractivity contribution is 5.94. The predicted molar refractivity (Wildman–Crippen MR) is 77.4 cm³/mol. The second kappa shape index (κ2) is 5.36. The van der Waals surface area contributed by atoms with Gasteiger partial charge in [0.25, 0.3) is 5.91 Å². The molecule has 0 saturated heterocycles. The molecular formula is C17H23NO. The first-order valence-corrected chi connectivity index (χ1v) is 7.65. The second-order valence-electron chi connectivity index (χ2n) is 6.28. The maximum atomic E-state index is 12.3. The number of hydrogen-bond donors (Lipinski definition) is 1. The van der Waals surface area contributed by atoms with E-state index in [1.165, 1.54) is 36.8 Å². The number of rotatable bonds is 2. The van der Waals surface area contributed by atoms with E-state index in [4.69, 9.17) is 0 Å². The Balaban J connectivity index is 1.69. The molecule has 1 amide bonds. The molecule has 3 rings (SSSR count). The van der Waals surface area contributed by atoms with E-state index < -0.39 is 0 Å². The molecule has 0 heterocycles. The minimum atomic E-state index is 0.118. The summed E-state index contributed by atoms with van der Waals surface area (Å²) >= 11 is 0. The summed E-state index contributed by atoms with van der Waals surface area (Å²) in [4.78, 5) is 12.3. The molecule has 2 aliphatic rings. The van der Waals surface area contributed by atoms with Gasteiger partial charge in [-0.05, 0) is 74.1 Å². The molecule has 1 fully saturated rings. The van der Waals surface area contributed by atoms with Crippen LogP contribution in [-0.2, 0) is 12.8 Å². The molecule has 0 spiro atoms. The zero-order chi connectivity index (χ0) is 13.2. The van der Waals surface area contributed by atoms with Gasteiger partial charge in [0.1, 0.15) is 0 Å². The predicted octanol–water partition coefficient (Wildman–Crippen LogP) is 3.48. The van der Waals surface area contributed by atoms with Gasteiger partial charge in [0, 0.05) is 11.6 Å². The van der Waals surface area contributed by atoms with Crippen LogP contribution in [0.15, 0.2) is 18.2 Å². The summed E-state index contributed by atoms with van der Waals surface area (Å²) in [5.41, 5.74) is 3.68. The normalized spacial score (nSPS) is 25.9. The molecule has 1 saturated carbocycles. The van der Waals surface area contributed by atoms with Crippen LogP contribution in [0.4, 0.5) is 0 Å². The Hall–Kier alpha value is -1.31. The number of fused-ring (bicyclic) bond motifs is 1. The quantitative estimate of drug-likeness (QED) is 0.863. The molecule has 2 heteroatoms. The Morgan fingerprint density at radius 3 is 2.68 bits per heavy atom. The van der Waals surface area contributed by atoms with Crippen LogP contribution >= 0.6 is 0 Å². The first-order valence-electron chi connectivity index (χ1n) is 7.65. The molecular weight excluding hydrogens is 234 g/mol. The van der Waals surface area contributed by atoms with Crippen molar-refractivity contribution in [2.75, 3.05) is 0 Å². The van der Waals surface area contributed by atoms with Gasteiger partial charge in [-0.1, -0.05) is 13.0 Å². The summed E-state index contributed by atoms with van der Waals surface area (Å²) in [5, 5.41) is 3.19. The van der Waals surface area contributed by atoms with Crippen LogP contribution in [0.25, 0.3) is 0 Å². The average Bonchev–Trinajstić information content (AvgIpc) is 2.83. The van der Waals surface area contributed by atoms with E-state index in [1.54, 1.807) is 0 Å². The highest BCUT2D eigenvalue weighted by atomic mass is 16.1. The van der Waals surface area contributed by atoms with Gasteiger partial charge in [0.2, 0.25) is 0 Å². The van der Waals surface area contributed by atoms with Crippen LogP contribution in [-0.4, -0.2) is 11.9 Å². The van der Waals surface area contributed by atoms with Gasteiger partial charge in [0.05, 0.1) is 0 Å². The molecule has 2 nitrogen and oxygen atoms in total. The van der Waals surface area contributed by atoms with E-state index in [2.05, 4.69) is 24.4 Å². The fraction of sp³-hybridized carbons (Fsp3) is 0.588. The molecule has 2 atom stereocenters. The van der Waals surface area contributed by atoms with E-state index in [1.807, 2.05) is 6.07 Å². The van der Waals surface area contributed by atoms with Crippen molar-refractivity contribution in [3.05, 3.63) is 34.9 Å². The average molecular weight is 257 g/mol. The van der Waals surface area contributed by atoms with Crippen LogP contribution in [0.3, 0.4) is 0 Å². The van der Waals surface area contributed by atoms with Crippen LogP contribution < -0.4 is 5.32 Å². The largest absolute Gasteiger partial charge is 0.349 e. The Morgan fingerprint density at radius 2 is 1.95 bits per heavy atom. The molecule has 0 radical (unpaired) electrons. The lowest BCUT2D eigenvalue weighted by atomic mass is 9.90. The van der Waals surface area contributed by atoms with Gasteiger partial charge >= 0.3 is 0 Å². The fourth-order valence-corrected chi connectivity index (χ4v) is 3.48. The zero-order valence-corrected chi connectivity index (χ0v) is 11.7. The Kier molecular flexibility index (Phi) is 3.58. The van der Waals surface area contributed by atoms with Crippen molar-refractivity contribution in [1.82, 2.24) is 5.32 Å². The van der Waals surface area contributed by atoms with E-state index in [0.29, 0.717) is 6.04 Å². The minimum absolute atomic E-state index is 0.118. The minimum Gasteiger partial charge on any atom is -0.349 e. The molecule has 2 aliphatic carbocycles. The standard InChI is InChI=1S/C17H23NO/c1-12-6-9-16(10-12)18-17(19)15-8-7-13-4-2-3-5-14(13)11-15/h7-8,11-12,16H,2-6,9-10H2,1H3,(H,18,19). The Morgan fingerprint density at radius 1 is 1.16 bits per heavy atom. The number of aryl methyl sites for hydroxylation is 2. The summed E-state index contributed by atoms with van der Waals surface area (Å²) in [7, 11) is 0. The number of hydrogen-bond acceptors (Lipinski definition) is 1. The number of carbonyl (C=O) groups excluding carboxylic acids is 1. The van der Waals surface area contributed by atoms with Gasteiger partial charge in [-0.2, -0.15) is 0 Å². The molecule has 0 aliphatic heterocycles. The third-order valence-corrected chi connectivity index (χ3v) is 4.64. The smallest absolute Gasteiger partial charge is 0.251 e. The van der Waals surface area contributed by atoms with E-state index in [0.717, 1.165) is 30.7 Å². The summed E-state index contributed by atoms with van der Waals surface area (Å²) in [5.74, 6) is 0.876. The molecule has 19 heavy (non-hydrogen) atoms. The van der Waals surface area contributed by atoms with Gasteiger partial charge in [-0.15, -0.1) is 0 Å². The van der Waals surface area contributed by atoms with E-state index >= 15 is 0 Å². The monoisotopic (exact) mass is 257 g/mol. The van der Waals surface area contributed by atoms with Crippen molar-refractivity contribution in [3.63, 3.8) is 0 Å². The van der Waals surface area contributed by atoms with Crippen molar-refractivity contribution in [3.8, 4) is 0 Å². The van der Waals surface area contributed by atoms with E-state index in [9.17, 15) is 4.79 Å². The number of nitrogens with one attached hydrogen (secondary N) is 1. The van der Waals surface area contributed by atoms with Gasteiger partial charge in [-0.25, -0.2) is 0 Å². The molecule has 1 aromatic rings. The lowest BCUT2D eigenvalue weighted by Crippen LogP contribution is -2.33. The van der Waals surface area contributed by atoms with Crippen LogP contribution in [0, 0.1) is 5.92 Å². The number of amides is 1. The molecule has 1 N–H and O–H groups in total. The first kappa shape index (κ1) is 12.7. The number of benzene rings is 1. The van der Waals surface area contributed by atoms with Crippen molar-refractivity contribution >= 4 is 5.91 Å². The molecule has 1 aromatic carbocycles. The van der Waals surface area contributed by atoms with Gasteiger partial charge < -0.3 is 5.32 Å². The van der Waals surface area contributed by atoms with Gasteiger partial charge in [0.15, 0.2) is 0 Å². The molecule has 2 unspecified atom stereocenters. The van der Waals surface area contributed by atoms with Crippen molar-refractivity contribution in [2.24, 2.45) is 5.92 Å². The highest BCUT2D eigenvalue weighted by Crippen LogP contribution is 2.25. The molecule has 0 aromatic heterocycles. The lowest BCUT2D eigenvalue weighted by Gasteiger charge is -2.17. The Labute approximate surface area is 115 Å². The SMILES string of the molecule is CC1CCC(NC(=O)c2ccc3c(c2)CCCC3)C1. The zero-order valence-electron chi connectivity index (χ0n) is 11.7. The third-order valence-electron chi connectivity index (χ3n) is 4.64. The van der Waals surface area contributed by atoms with E-state index in [-0.39, 0.29) is 5.91 Å². The first-order chi connectivity index (χ1) is 9.22. The maximum absolute atomic E-state index is 12.3. The molecule has 0 bridgehead atoms. The van der Waals surface area contributed by atoms with Crippen molar-refractivity contribution < 1.29 is 4.79 Å². The van der Waals surface area contributed by atoms with Crippen molar-refractivity contribution in [1.29, 1.82) is 0 Å². The molecule has 102 valence electrons. The third kappa shape index (κ3) is 2.83. The van der Waals surface area contributed by atoms with Crippen LogP contribution in [0.2, 0.25) is 0 Å². The van der Waals surface area contributed by atoms with Gasteiger partial charge in [-0.3, -0.25) is 4.79 Å². The summed E-state index contributed by atoms with van der Waals surface area (Å²) in [6.07, 6.45) is 8.38. The number of carbonyl (C=O) groups is 1. The lowest BCUT2D eigenvalue weighted by molar-refractivity contribution is 0.0937. The maximum Gasteiger partial charge on any atom is 0.251 e. The Bertz CT molecular complexity index is 480. The highest BCUT2D eigenvalue weighted by Gasteiger charge is 2.23. The summed E-state index contributed by atoms with van der Waals surface area (Å²) in [6, 6.07) is 6.65. The van der Waals surface area contributed by atoms with Crippen LogP contribution in [0.1, 0.15) is 60.5 Å². The topological polar surface area (TPSA) is 29.1 Å². The van der Waals surface area contributed by atoms with Crippen LogP contribution in [0.5, 0.6) is 0 Å². The summed E-state index contributed by atoms with van der Waals surface area (Å²) in [6.45, 7) is 2.27. The second-order valence-corrected chi connectivity index (χ2v) is 6.28.